The molecule has 0 saturated carbocycles. The fourth-order valence-corrected chi connectivity index (χ4v) is 4.56. The zero-order valence-corrected chi connectivity index (χ0v) is 19.6. The van der Waals surface area contributed by atoms with Crippen LogP contribution >= 0.6 is 0 Å². The number of carbonyl (C=O) groups excluding carboxylic acids is 2. The van der Waals surface area contributed by atoms with Gasteiger partial charge in [0.05, 0.1) is 11.6 Å². The summed E-state index contributed by atoms with van der Waals surface area (Å²) in [6, 6.07) is 36.2. The third-order valence-electron chi connectivity index (χ3n) is 6.25. The molecule has 5 rings (SSSR count). The normalized spacial score (nSPS) is 16.3. The average molecular weight is 469 g/mol. The van der Waals surface area contributed by atoms with Crippen molar-refractivity contribution in [2.45, 2.75) is 5.92 Å². The Hall–Kier alpha value is -4.70. The summed E-state index contributed by atoms with van der Waals surface area (Å²) in [5, 5.41) is 8.62. The molecule has 174 valence electrons. The Kier molecular flexibility index (Phi) is 6.86. The summed E-state index contributed by atoms with van der Waals surface area (Å²) in [6.07, 6.45) is 5.27. The van der Waals surface area contributed by atoms with Crippen LogP contribution in [-0.2, 0) is 4.79 Å². The van der Waals surface area contributed by atoms with Crippen molar-refractivity contribution in [3.8, 4) is 0 Å². The summed E-state index contributed by atoms with van der Waals surface area (Å²) in [4.78, 5) is 27.7. The molecular formula is C32H24N2O2. The number of ketones is 2. The molecular weight excluding hydrogens is 444 g/mol. The zero-order chi connectivity index (χ0) is 24.7. The molecule has 0 amide bonds. The summed E-state index contributed by atoms with van der Waals surface area (Å²) in [6.45, 7) is 0. The van der Waals surface area contributed by atoms with Crippen LogP contribution in [0.2, 0.25) is 0 Å². The number of hydrogen-bond donors (Lipinski definition) is 0. The van der Waals surface area contributed by atoms with Gasteiger partial charge in [-0.05, 0) is 22.8 Å². The van der Waals surface area contributed by atoms with Crippen molar-refractivity contribution in [3.63, 3.8) is 0 Å². The first-order valence-corrected chi connectivity index (χ1v) is 11.8. The maximum Gasteiger partial charge on any atom is 0.180 e. The van der Waals surface area contributed by atoms with Crippen molar-refractivity contribution in [2.24, 2.45) is 16.1 Å². The molecule has 4 aromatic carbocycles. The lowest BCUT2D eigenvalue weighted by Gasteiger charge is -2.20. The number of nitrogens with zero attached hydrogens (tertiary/aromatic N) is 2. The van der Waals surface area contributed by atoms with Gasteiger partial charge in [0, 0.05) is 17.3 Å². The summed E-state index contributed by atoms with van der Waals surface area (Å²) < 4.78 is 0. The second-order valence-electron chi connectivity index (χ2n) is 8.52. The highest BCUT2D eigenvalue weighted by molar-refractivity contribution is 6.38. The molecule has 0 aliphatic heterocycles. The van der Waals surface area contributed by atoms with Crippen molar-refractivity contribution >= 4 is 29.6 Å². The van der Waals surface area contributed by atoms with E-state index in [0.717, 1.165) is 16.7 Å². The molecule has 0 N–H and O–H groups in total. The first kappa shape index (κ1) is 23.1. The Morgan fingerprint density at radius 1 is 0.694 bits per heavy atom. The third kappa shape index (κ3) is 4.75. The van der Waals surface area contributed by atoms with E-state index < -0.39 is 11.8 Å². The highest BCUT2D eigenvalue weighted by Crippen LogP contribution is 2.35. The van der Waals surface area contributed by atoms with Crippen molar-refractivity contribution in [3.05, 3.63) is 149 Å². The molecule has 0 bridgehead atoms. The van der Waals surface area contributed by atoms with Gasteiger partial charge in [-0.3, -0.25) is 9.59 Å². The van der Waals surface area contributed by atoms with Crippen LogP contribution in [-0.4, -0.2) is 23.5 Å². The van der Waals surface area contributed by atoms with Crippen molar-refractivity contribution < 1.29 is 9.59 Å². The van der Waals surface area contributed by atoms with Crippen LogP contribution < -0.4 is 0 Å². The van der Waals surface area contributed by atoms with Gasteiger partial charge in [0.2, 0.25) is 0 Å². The van der Waals surface area contributed by atoms with E-state index in [1.807, 2.05) is 109 Å². The Bertz CT molecular complexity index is 1420. The van der Waals surface area contributed by atoms with Gasteiger partial charge < -0.3 is 0 Å². The van der Waals surface area contributed by atoms with Crippen LogP contribution in [0.4, 0.5) is 0 Å². The molecule has 36 heavy (non-hydrogen) atoms. The minimum atomic E-state index is -1.02. The predicted molar refractivity (Wildman–Crippen MR) is 145 cm³/mol. The van der Waals surface area contributed by atoms with Gasteiger partial charge in [0.15, 0.2) is 11.6 Å². The monoisotopic (exact) mass is 468 g/mol. The van der Waals surface area contributed by atoms with Crippen LogP contribution in [0, 0.1) is 5.92 Å². The Labute approximate surface area is 210 Å². The molecule has 0 saturated heterocycles. The lowest BCUT2D eigenvalue weighted by atomic mass is 9.80. The van der Waals surface area contributed by atoms with E-state index in [1.165, 1.54) is 0 Å². The number of carbonyl (C=O) groups is 2. The number of hydrogen-bond acceptors (Lipinski definition) is 4. The maximum atomic E-state index is 14.1. The van der Waals surface area contributed by atoms with E-state index in [1.54, 1.807) is 24.4 Å². The molecule has 4 heteroatoms. The van der Waals surface area contributed by atoms with Crippen LogP contribution in [0.5, 0.6) is 0 Å². The van der Waals surface area contributed by atoms with Crippen molar-refractivity contribution in [1.29, 1.82) is 0 Å². The molecule has 0 radical (unpaired) electrons. The second kappa shape index (κ2) is 10.7. The van der Waals surface area contributed by atoms with Crippen LogP contribution in [0.25, 0.3) is 6.08 Å². The topological polar surface area (TPSA) is 58.9 Å². The number of fused-ring (bicyclic) bond motifs is 1. The van der Waals surface area contributed by atoms with Gasteiger partial charge in [-0.15, -0.1) is 0 Å². The SMILES string of the molecule is O=C1c2ccccc2\C(=N/N=C/C=C/c2ccccc2)C1C(=O)C(c1ccccc1)c1ccccc1. The number of benzene rings is 4. The predicted octanol–water partition coefficient (Wildman–Crippen LogP) is 6.39. The van der Waals surface area contributed by atoms with E-state index in [9.17, 15) is 9.59 Å². The molecule has 1 unspecified atom stereocenters. The van der Waals surface area contributed by atoms with Crippen LogP contribution in [0.15, 0.2) is 132 Å². The Morgan fingerprint density at radius 2 is 1.22 bits per heavy atom. The van der Waals surface area contributed by atoms with Gasteiger partial charge in [0.1, 0.15) is 5.92 Å². The Morgan fingerprint density at radius 3 is 1.83 bits per heavy atom. The fourth-order valence-electron chi connectivity index (χ4n) is 4.56. The van der Waals surface area contributed by atoms with E-state index >= 15 is 0 Å². The van der Waals surface area contributed by atoms with E-state index in [4.69, 9.17) is 0 Å². The van der Waals surface area contributed by atoms with Crippen molar-refractivity contribution in [1.82, 2.24) is 0 Å². The molecule has 1 aliphatic carbocycles. The van der Waals surface area contributed by atoms with Crippen LogP contribution in [0.1, 0.15) is 38.5 Å². The lowest BCUT2D eigenvalue weighted by molar-refractivity contribution is -0.120. The molecule has 4 aromatic rings. The van der Waals surface area contributed by atoms with Gasteiger partial charge in [-0.2, -0.15) is 10.2 Å². The van der Waals surface area contributed by atoms with Crippen molar-refractivity contribution in [2.75, 3.05) is 0 Å². The highest BCUT2D eigenvalue weighted by atomic mass is 16.2. The van der Waals surface area contributed by atoms with Gasteiger partial charge >= 0.3 is 0 Å². The lowest BCUT2D eigenvalue weighted by Crippen LogP contribution is -2.31. The molecule has 0 aromatic heterocycles. The third-order valence-corrected chi connectivity index (χ3v) is 6.25. The van der Waals surface area contributed by atoms with Gasteiger partial charge in [-0.1, -0.05) is 121 Å². The largest absolute Gasteiger partial charge is 0.297 e. The average Bonchev–Trinajstić information content (AvgIpc) is 3.22. The van der Waals surface area contributed by atoms with Gasteiger partial charge in [0.25, 0.3) is 0 Å². The molecule has 1 aliphatic rings. The minimum absolute atomic E-state index is 0.206. The second-order valence-corrected chi connectivity index (χ2v) is 8.52. The van der Waals surface area contributed by atoms with Gasteiger partial charge in [-0.25, -0.2) is 0 Å². The first-order chi connectivity index (χ1) is 17.7. The minimum Gasteiger partial charge on any atom is -0.297 e. The Balaban J connectivity index is 1.52. The molecule has 1 atom stereocenters. The standard InChI is InChI=1S/C32H24N2O2/c35-31-27-21-11-10-20-26(27)30(34-33-22-12-15-23-13-4-1-5-14-23)29(31)32(36)28(24-16-6-2-7-17-24)25-18-8-3-9-19-25/h1-22,28-29H/b15-12+,33-22+,34-30+. The first-order valence-electron chi connectivity index (χ1n) is 11.8. The van der Waals surface area contributed by atoms with E-state index in [-0.39, 0.29) is 11.6 Å². The summed E-state index contributed by atoms with van der Waals surface area (Å²) in [7, 11) is 0. The number of rotatable bonds is 7. The fraction of sp³-hybridized carbons (Fsp3) is 0.0625. The maximum absolute atomic E-state index is 14.1. The zero-order valence-electron chi connectivity index (χ0n) is 19.6. The smallest absolute Gasteiger partial charge is 0.180 e. The van der Waals surface area contributed by atoms with E-state index in [0.29, 0.717) is 16.8 Å². The van der Waals surface area contributed by atoms with Crippen LogP contribution in [0.3, 0.4) is 0 Å². The quantitative estimate of drug-likeness (QED) is 0.179. The van der Waals surface area contributed by atoms with E-state index in [2.05, 4.69) is 10.2 Å². The summed E-state index contributed by atoms with van der Waals surface area (Å²) >= 11 is 0. The summed E-state index contributed by atoms with van der Waals surface area (Å²) in [5.74, 6) is -2.06. The molecule has 4 nitrogen and oxygen atoms in total. The number of Topliss-reactive ketones (excluding diaryl/α,β-unsaturated/α-hetero) is 2. The summed E-state index contributed by atoms with van der Waals surface area (Å²) in [5.41, 5.74) is 4.27. The molecule has 0 heterocycles. The highest BCUT2D eigenvalue weighted by Gasteiger charge is 2.44. The number of allylic oxidation sites excluding steroid dienone is 1. The molecule has 0 spiro atoms. The molecule has 0 fully saturated rings.